The van der Waals surface area contributed by atoms with Crippen LogP contribution in [0.15, 0.2) is 18.7 Å². The molecular formula is C14H18KN5O3. The van der Waals surface area contributed by atoms with Gasteiger partial charge in [-0.1, -0.05) is 0 Å². The van der Waals surface area contributed by atoms with Gasteiger partial charge in [-0.05, 0) is 19.8 Å². The van der Waals surface area contributed by atoms with Crippen molar-refractivity contribution in [3.8, 4) is 5.82 Å². The number of carboxylic acid groups (broad SMARTS) is 1. The summed E-state index contributed by atoms with van der Waals surface area (Å²) in [5.74, 6) is 0.0775. The van der Waals surface area contributed by atoms with Crippen LogP contribution in [0.5, 0.6) is 0 Å². The molecule has 0 unspecified atom stereocenters. The van der Waals surface area contributed by atoms with E-state index in [-0.39, 0.29) is 57.1 Å². The summed E-state index contributed by atoms with van der Waals surface area (Å²) in [6.45, 7) is 3.34. The standard InChI is InChI=1S/C14H17N5O3.K.H/c1-9-6-15-14(17-10-2-4-22-5-3-10)18-12(9)19-7-11(13(20)21)16-8-19;;/h6-8,10H,2-5H2,1H3,(H,20,21)(H,15,17,18);;. The Labute approximate surface area is 176 Å². The Hall–Kier alpha value is -0.844. The van der Waals surface area contributed by atoms with E-state index < -0.39 is 5.97 Å². The van der Waals surface area contributed by atoms with Crippen molar-refractivity contribution >= 4 is 63.3 Å². The molecule has 0 atom stereocenters. The number of aromatic nitrogens is 4. The molecule has 0 saturated carbocycles. The van der Waals surface area contributed by atoms with Crippen molar-refractivity contribution in [1.29, 1.82) is 0 Å². The molecule has 0 bridgehead atoms. The molecular weight excluding hydrogens is 325 g/mol. The number of hydrogen-bond donors (Lipinski definition) is 2. The molecule has 2 aromatic heterocycles. The van der Waals surface area contributed by atoms with E-state index in [4.69, 9.17) is 9.84 Å². The molecule has 0 spiro atoms. The second kappa shape index (κ2) is 8.31. The summed E-state index contributed by atoms with van der Waals surface area (Å²) in [7, 11) is 0. The maximum absolute atomic E-state index is 10.9. The molecule has 1 aliphatic rings. The third kappa shape index (κ3) is 4.58. The summed E-state index contributed by atoms with van der Waals surface area (Å²) in [4.78, 5) is 23.5. The number of rotatable bonds is 4. The molecule has 1 fully saturated rings. The normalized spacial score (nSPS) is 15.0. The van der Waals surface area contributed by atoms with Gasteiger partial charge in [0.25, 0.3) is 0 Å². The Morgan fingerprint density at radius 1 is 1.39 bits per heavy atom. The van der Waals surface area contributed by atoms with Gasteiger partial charge in [0.1, 0.15) is 12.1 Å². The van der Waals surface area contributed by atoms with Crippen molar-refractivity contribution in [1.82, 2.24) is 19.5 Å². The molecule has 23 heavy (non-hydrogen) atoms. The fourth-order valence-corrected chi connectivity index (χ4v) is 2.34. The van der Waals surface area contributed by atoms with Gasteiger partial charge >= 0.3 is 57.4 Å². The second-order valence-corrected chi connectivity index (χ2v) is 5.20. The molecule has 8 nitrogen and oxygen atoms in total. The second-order valence-electron chi connectivity index (χ2n) is 5.20. The van der Waals surface area contributed by atoms with Gasteiger partial charge < -0.3 is 15.2 Å². The summed E-state index contributed by atoms with van der Waals surface area (Å²) in [5, 5.41) is 12.2. The number of hydrogen-bond acceptors (Lipinski definition) is 6. The third-order valence-corrected chi connectivity index (χ3v) is 3.55. The number of nitrogens with one attached hydrogen (secondary N) is 1. The number of carbonyl (C=O) groups is 1. The van der Waals surface area contributed by atoms with Gasteiger partial charge in [0, 0.05) is 37.2 Å². The van der Waals surface area contributed by atoms with E-state index in [0.29, 0.717) is 17.8 Å². The zero-order valence-corrected chi connectivity index (χ0v) is 12.2. The van der Waals surface area contributed by atoms with Gasteiger partial charge in [-0.3, -0.25) is 4.57 Å². The minimum absolute atomic E-state index is 0. The van der Waals surface area contributed by atoms with Crippen LogP contribution in [0.4, 0.5) is 5.95 Å². The Kier molecular flexibility index (Phi) is 6.68. The average molecular weight is 343 g/mol. The molecule has 3 heterocycles. The fraction of sp³-hybridized carbons (Fsp3) is 0.429. The topological polar surface area (TPSA) is 102 Å². The Morgan fingerprint density at radius 2 is 2.13 bits per heavy atom. The van der Waals surface area contributed by atoms with Gasteiger partial charge in [-0.2, -0.15) is 4.98 Å². The van der Waals surface area contributed by atoms with Crippen molar-refractivity contribution < 1.29 is 14.6 Å². The van der Waals surface area contributed by atoms with Crippen LogP contribution >= 0.6 is 0 Å². The predicted octanol–water partition coefficient (Wildman–Crippen LogP) is 0.611. The average Bonchev–Trinajstić information content (AvgIpc) is 3.00. The van der Waals surface area contributed by atoms with E-state index in [0.717, 1.165) is 31.6 Å². The van der Waals surface area contributed by atoms with E-state index in [1.165, 1.54) is 12.5 Å². The van der Waals surface area contributed by atoms with Gasteiger partial charge in [-0.25, -0.2) is 14.8 Å². The SMILES string of the molecule is Cc1cnc(NC2CCOCC2)nc1-n1cnc(C(=O)O)c1.[KH]. The molecule has 1 aliphatic heterocycles. The van der Waals surface area contributed by atoms with Crippen LogP contribution in [0.3, 0.4) is 0 Å². The maximum atomic E-state index is 10.9. The molecule has 0 radical (unpaired) electrons. The third-order valence-electron chi connectivity index (χ3n) is 3.55. The fourth-order valence-electron chi connectivity index (χ4n) is 2.34. The first-order chi connectivity index (χ1) is 10.6. The molecule has 2 N–H and O–H groups in total. The number of aromatic carboxylic acids is 1. The van der Waals surface area contributed by atoms with Gasteiger partial charge in [0.15, 0.2) is 5.69 Å². The molecule has 3 rings (SSSR count). The summed E-state index contributed by atoms with van der Waals surface area (Å²) in [6.07, 6.45) is 6.43. The number of carboxylic acids is 1. The monoisotopic (exact) mass is 343 g/mol. The van der Waals surface area contributed by atoms with Crippen LogP contribution in [0.2, 0.25) is 0 Å². The molecule has 9 heteroatoms. The van der Waals surface area contributed by atoms with Crippen molar-refractivity contribution in [3.63, 3.8) is 0 Å². The van der Waals surface area contributed by atoms with Crippen LogP contribution in [-0.2, 0) is 4.74 Å². The molecule has 2 aromatic rings. The first-order valence-corrected chi connectivity index (χ1v) is 7.09. The first-order valence-electron chi connectivity index (χ1n) is 7.09. The van der Waals surface area contributed by atoms with E-state index in [2.05, 4.69) is 20.3 Å². The van der Waals surface area contributed by atoms with Gasteiger partial charge in [0.2, 0.25) is 5.95 Å². The predicted molar refractivity (Wildman–Crippen MR) is 85.5 cm³/mol. The zero-order valence-electron chi connectivity index (χ0n) is 12.2. The van der Waals surface area contributed by atoms with E-state index in [1.807, 2.05) is 6.92 Å². The summed E-state index contributed by atoms with van der Waals surface area (Å²) >= 11 is 0. The van der Waals surface area contributed by atoms with Crippen LogP contribution in [0, 0.1) is 6.92 Å². The van der Waals surface area contributed by atoms with Crippen molar-refractivity contribution in [2.75, 3.05) is 18.5 Å². The summed E-state index contributed by atoms with van der Waals surface area (Å²) in [5.41, 5.74) is 0.823. The quantitative estimate of drug-likeness (QED) is 0.784. The number of aryl methyl sites for hydroxylation is 1. The Balaban J connectivity index is 0.00000192. The molecule has 1 saturated heterocycles. The Morgan fingerprint density at radius 3 is 2.78 bits per heavy atom. The molecule has 0 aliphatic carbocycles. The number of ether oxygens (including phenoxy) is 1. The first kappa shape index (κ1) is 18.5. The molecule has 118 valence electrons. The van der Waals surface area contributed by atoms with Gasteiger partial charge in [0.05, 0.1) is 0 Å². The summed E-state index contributed by atoms with van der Waals surface area (Å²) < 4.78 is 6.92. The van der Waals surface area contributed by atoms with E-state index >= 15 is 0 Å². The van der Waals surface area contributed by atoms with E-state index in [1.54, 1.807) is 10.8 Å². The number of nitrogens with zero attached hydrogens (tertiary/aromatic N) is 4. The zero-order chi connectivity index (χ0) is 15.5. The van der Waals surface area contributed by atoms with Crippen LogP contribution in [0.1, 0.15) is 28.9 Å². The number of anilines is 1. The van der Waals surface area contributed by atoms with Crippen LogP contribution < -0.4 is 5.32 Å². The van der Waals surface area contributed by atoms with Crippen molar-refractivity contribution in [3.05, 3.63) is 30.0 Å². The van der Waals surface area contributed by atoms with Crippen LogP contribution in [0.25, 0.3) is 5.82 Å². The van der Waals surface area contributed by atoms with Gasteiger partial charge in [-0.15, -0.1) is 0 Å². The van der Waals surface area contributed by atoms with Crippen LogP contribution in [-0.4, -0.2) is 101 Å². The van der Waals surface area contributed by atoms with Crippen molar-refractivity contribution in [2.24, 2.45) is 0 Å². The minimum atomic E-state index is -1.06. The summed E-state index contributed by atoms with van der Waals surface area (Å²) in [6, 6.07) is 0.293. The molecule has 0 aromatic carbocycles. The van der Waals surface area contributed by atoms with Crippen molar-refractivity contribution in [2.45, 2.75) is 25.8 Å². The van der Waals surface area contributed by atoms with E-state index in [9.17, 15) is 4.79 Å². The molecule has 0 amide bonds. The number of imidazole rings is 1. The Bertz CT molecular complexity index is 685.